The van der Waals surface area contributed by atoms with Gasteiger partial charge in [-0.05, 0) is 37.6 Å². The first-order valence-electron chi connectivity index (χ1n) is 9.74. The van der Waals surface area contributed by atoms with Crippen molar-refractivity contribution < 1.29 is 13.2 Å². The monoisotopic (exact) mass is 461 g/mol. The normalized spacial score (nSPS) is 11.4. The second-order valence-corrected chi connectivity index (χ2v) is 7.42. The minimum absolute atomic E-state index is 0.102. The van der Waals surface area contributed by atoms with Crippen LogP contribution in [0.3, 0.4) is 0 Å². The second-order valence-electron chi connectivity index (χ2n) is 7.04. The number of aryl methyl sites for hydroxylation is 2. The largest absolute Gasteiger partial charge is 0.323 e. The van der Waals surface area contributed by atoms with Crippen molar-refractivity contribution in [1.82, 2.24) is 29.5 Å². The number of halogens is 4. The molecule has 1 N–H and O–H groups in total. The van der Waals surface area contributed by atoms with Gasteiger partial charge in [0.25, 0.3) is 6.43 Å². The summed E-state index contributed by atoms with van der Waals surface area (Å²) >= 11 is 6.00. The molecule has 11 heteroatoms. The van der Waals surface area contributed by atoms with E-state index in [1.54, 1.807) is 30.8 Å². The first-order chi connectivity index (χ1) is 15.3. The lowest BCUT2D eigenvalue weighted by atomic mass is 10.1. The number of nitrogens with one attached hydrogen (secondary N) is 1. The molecule has 166 valence electrons. The summed E-state index contributed by atoms with van der Waals surface area (Å²) in [5.74, 6) is 0.708. The second kappa shape index (κ2) is 8.62. The van der Waals surface area contributed by atoms with Crippen LogP contribution in [0.25, 0.3) is 17.1 Å². The van der Waals surface area contributed by atoms with Crippen LogP contribution < -0.4 is 5.32 Å². The van der Waals surface area contributed by atoms with Gasteiger partial charge in [-0.3, -0.25) is 4.68 Å². The van der Waals surface area contributed by atoms with Gasteiger partial charge < -0.3 is 5.32 Å². The molecule has 0 saturated carbocycles. The van der Waals surface area contributed by atoms with Gasteiger partial charge in [0.15, 0.2) is 11.6 Å². The number of alkyl halides is 2. The molecular formula is C21H19ClF3N7. The van der Waals surface area contributed by atoms with Gasteiger partial charge >= 0.3 is 0 Å². The van der Waals surface area contributed by atoms with Crippen LogP contribution in [-0.4, -0.2) is 29.5 Å². The van der Waals surface area contributed by atoms with Crippen molar-refractivity contribution in [2.45, 2.75) is 26.7 Å². The smallest absolute Gasteiger partial charge is 0.282 e. The molecule has 0 spiro atoms. The Morgan fingerprint density at radius 2 is 1.84 bits per heavy atom. The Morgan fingerprint density at radius 3 is 2.50 bits per heavy atom. The fraction of sp³-hybridized carbons (Fsp3) is 0.238. The van der Waals surface area contributed by atoms with Crippen molar-refractivity contribution in [3.63, 3.8) is 0 Å². The van der Waals surface area contributed by atoms with E-state index in [1.807, 2.05) is 6.92 Å². The van der Waals surface area contributed by atoms with Crippen molar-refractivity contribution in [3.05, 3.63) is 64.5 Å². The van der Waals surface area contributed by atoms with Gasteiger partial charge in [0, 0.05) is 24.2 Å². The molecule has 0 unspecified atom stereocenters. The average Bonchev–Trinajstić information content (AvgIpc) is 3.24. The predicted molar refractivity (Wildman–Crippen MR) is 115 cm³/mol. The fourth-order valence-corrected chi connectivity index (χ4v) is 3.71. The maximum Gasteiger partial charge on any atom is 0.282 e. The lowest BCUT2D eigenvalue weighted by Gasteiger charge is -2.09. The van der Waals surface area contributed by atoms with E-state index in [1.165, 1.54) is 24.5 Å². The third-order valence-electron chi connectivity index (χ3n) is 4.96. The Labute approximate surface area is 186 Å². The molecule has 0 bridgehead atoms. The highest BCUT2D eigenvalue weighted by Gasteiger charge is 2.24. The van der Waals surface area contributed by atoms with Crippen LogP contribution in [0.15, 0.2) is 36.7 Å². The molecule has 7 nitrogen and oxygen atoms in total. The number of benzene rings is 1. The van der Waals surface area contributed by atoms with Gasteiger partial charge in [0.1, 0.15) is 23.7 Å². The fourth-order valence-electron chi connectivity index (χ4n) is 3.51. The van der Waals surface area contributed by atoms with E-state index < -0.39 is 12.1 Å². The highest BCUT2D eigenvalue weighted by atomic mass is 35.5. The number of nitrogens with zero attached hydrogens (tertiary/aromatic N) is 6. The molecule has 3 heterocycles. The topological polar surface area (TPSA) is 73.5 Å². The van der Waals surface area contributed by atoms with E-state index in [2.05, 4.69) is 25.5 Å². The van der Waals surface area contributed by atoms with E-state index in [-0.39, 0.29) is 22.4 Å². The molecule has 1 aromatic carbocycles. The molecule has 3 aromatic heterocycles. The van der Waals surface area contributed by atoms with Gasteiger partial charge in [0.2, 0.25) is 0 Å². The van der Waals surface area contributed by atoms with Crippen LogP contribution >= 0.6 is 11.6 Å². The maximum absolute atomic E-state index is 13.5. The molecule has 0 fully saturated rings. The highest BCUT2D eigenvalue weighted by molar-refractivity contribution is 6.31. The molecule has 0 amide bonds. The van der Waals surface area contributed by atoms with Crippen LogP contribution in [0, 0.1) is 12.7 Å². The molecule has 0 saturated heterocycles. The third-order valence-corrected chi connectivity index (χ3v) is 5.43. The molecule has 0 aliphatic carbocycles. The Bertz CT molecular complexity index is 1270. The zero-order valence-electron chi connectivity index (χ0n) is 17.4. The molecule has 0 radical (unpaired) electrons. The summed E-state index contributed by atoms with van der Waals surface area (Å²) < 4.78 is 43.1. The molecule has 0 aliphatic rings. The quantitative estimate of drug-likeness (QED) is 0.416. The molecular weight excluding hydrogens is 443 g/mol. The van der Waals surface area contributed by atoms with Crippen LogP contribution in [-0.2, 0) is 13.5 Å². The standard InChI is InChI=1S/C21H19ClF3N7/c1-4-14-18(12-5-7-13(23)8-6-12)31(3)30-21(14)28-15-9-16(27-10-26-15)32-19(20(24)25)17(22)11(2)29-32/h5-10,20H,4H2,1-3H3,(H,26,27,28,30). The zero-order valence-corrected chi connectivity index (χ0v) is 18.2. The minimum atomic E-state index is -2.82. The summed E-state index contributed by atoms with van der Waals surface area (Å²) in [6.07, 6.45) is -0.937. The molecule has 0 atom stereocenters. The lowest BCUT2D eigenvalue weighted by Crippen LogP contribution is -2.07. The minimum Gasteiger partial charge on any atom is -0.323 e. The zero-order chi connectivity index (χ0) is 23.0. The van der Waals surface area contributed by atoms with E-state index in [4.69, 9.17) is 11.6 Å². The van der Waals surface area contributed by atoms with Crippen LogP contribution in [0.4, 0.5) is 24.8 Å². The number of hydrogen-bond acceptors (Lipinski definition) is 5. The van der Waals surface area contributed by atoms with Gasteiger partial charge in [-0.1, -0.05) is 18.5 Å². The van der Waals surface area contributed by atoms with E-state index >= 15 is 0 Å². The van der Waals surface area contributed by atoms with Gasteiger partial charge in [0.05, 0.1) is 16.4 Å². The van der Waals surface area contributed by atoms with E-state index in [0.717, 1.165) is 21.5 Å². The van der Waals surface area contributed by atoms with Crippen LogP contribution in [0.2, 0.25) is 5.02 Å². The predicted octanol–water partition coefficient (Wildman–Crippen LogP) is 5.41. The summed E-state index contributed by atoms with van der Waals surface area (Å²) in [6, 6.07) is 7.65. The summed E-state index contributed by atoms with van der Waals surface area (Å²) in [4.78, 5) is 8.25. The SMILES string of the molecule is CCc1c(Nc2cc(-n3nc(C)c(Cl)c3C(F)F)ncn2)nn(C)c1-c1ccc(F)cc1. The third kappa shape index (κ3) is 3.93. The molecule has 4 rings (SSSR count). The van der Waals surface area contributed by atoms with Gasteiger partial charge in [-0.2, -0.15) is 10.2 Å². The number of rotatable bonds is 6. The Balaban J connectivity index is 1.72. The summed E-state index contributed by atoms with van der Waals surface area (Å²) in [7, 11) is 1.79. The first-order valence-corrected chi connectivity index (χ1v) is 10.1. The Kier molecular flexibility index (Phi) is 5.88. The Morgan fingerprint density at radius 1 is 1.12 bits per heavy atom. The molecule has 0 aliphatic heterocycles. The van der Waals surface area contributed by atoms with E-state index in [0.29, 0.717) is 18.1 Å². The number of aromatic nitrogens is 6. The maximum atomic E-state index is 13.5. The number of hydrogen-bond donors (Lipinski definition) is 1. The van der Waals surface area contributed by atoms with Crippen molar-refractivity contribution in [2.24, 2.45) is 7.05 Å². The summed E-state index contributed by atoms with van der Waals surface area (Å²) in [6.45, 7) is 3.52. The van der Waals surface area contributed by atoms with Crippen molar-refractivity contribution in [2.75, 3.05) is 5.32 Å². The Hall–Kier alpha value is -3.40. The number of anilines is 2. The average molecular weight is 462 g/mol. The molecule has 32 heavy (non-hydrogen) atoms. The lowest BCUT2D eigenvalue weighted by molar-refractivity contribution is 0.142. The van der Waals surface area contributed by atoms with Gasteiger partial charge in [-0.25, -0.2) is 27.8 Å². The van der Waals surface area contributed by atoms with Crippen molar-refractivity contribution in [1.29, 1.82) is 0 Å². The first kappa shape index (κ1) is 21.8. The van der Waals surface area contributed by atoms with Crippen LogP contribution in [0.5, 0.6) is 0 Å². The van der Waals surface area contributed by atoms with Gasteiger partial charge in [-0.15, -0.1) is 0 Å². The summed E-state index contributed by atoms with van der Waals surface area (Å²) in [5.41, 5.74) is 2.39. The van der Waals surface area contributed by atoms with Crippen molar-refractivity contribution in [3.8, 4) is 17.1 Å². The van der Waals surface area contributed by atoms with Crippen molar-refractivity contribution >= 4 is 23.2 Å². The highest BCUT2D eigenvalue weighted by Crippen LogP contribution is 2.33. The van der Waals surface area contributed by atoms with E-state index in [9.17, 15) is 13.2 Å². The molecule has 4 aromatic rings. The summed E-state index contributed by atoms with van der Waals surface area (Å²) in [5, 5.41) is 11.6. The van der Waals surface area contributed by atoms with Crippen LogP contribution in [0.1, 0.15) is 30.3 Å².